The molecule has 0 bridgehead atoms. The van der Waals surface area contributed by atoms with Crippen LogP contribution < -0.4 is 11.1 Å². The van der Waals surface area contributed by atoms with Gasteiger partial charge >= 0.3 is 11.9 Å². The molecule has 0 aliphatic rings. The second-order valence-corrected chi connectivity index (χ2v) is 4.87. The Labute approximate surface area is 134 Å². The Kier molecular flexibility index (Phi) is 7.49. The summed E-state index contributed by atoms with van der Waals surface area (Å²) in [7, 11) is 0. The van der Waals surface area contributed by atoms with Crippen LogP contribution in [0.2, 0.25) is 0 Å². The molecular weight excluding hydrogens is 300 g/mol. The van der Waals surface area contributed by atoms with Gasteiger partial charge < -0.3 is 20.9 Å². The summed E-state index contributed by atoms with van der Waals surface area (Å²) in [6.07, 6.45) is 1.03. The van der Waals surface area contributed by atoms with Crippen LogP contribution in [0.5, 0.6) is 0 Å². The van der Waals surface area contributed by atoms with Gasteiger partial charge in [-0.05, 0) is 12.0 Å². The molecule has 0 saturated heterocycles. The van der Waals surface area contributed by atoms with Crippen molar-refractivity contribution in [3.8, 4) is 0 Å². The van der Waals surface area contributed by atoms with Gasteiger partial charge in [0.25, 0.3) is 0 Å². The molecule has 1 rings (SSSR count). The Morgan fingerprint density at radius 1 is 1.30 bits per heavy atom. The van der Waals surface area contributed by atoms with E-state index in [9.17, 15) is 14.4 Å². The molecule has 0 unspecified atom stereocenters. The molecule has 124 valence electrons. The fourth-order valence-corrected chi connectivity index (χ4v) is 1.85. The molecular formula is C16H20N2O5. The van der Waals surface area contributed by atoms with Crippen molar-refractivity contribution in [1.82, 2.24) is 5.32 Å². The molecule has 0 aliphatic carbocycles. The first-order chi connectivity index (χ1) is 10.9. The molecule has 1 aromatic carbocycles. The quantitative estimate of drug-likeness (QED) is 0.443. The van der Waals surface area contributed by atoms with E-state index in [0.717, 1.165) is 5.56 Å². The first-order valence-electron chi connectivity index (χ1n) is 7.03. The van der Waals surface area contributed by atoms with Crippen LogP contribution >= 0.6 is 0 Å². The van der Waals surface area contributed by atoms with E-state index in [1.807, 2.05) is 30.3 Å². The van der Waals surface area contributed by atoms with Gasteiger partial charge in [-0.15, -0.1) is 0 Å². The molecule has 0 aromatic heterocycles. The van der Waals surface area contributed by atoms with Crippen LogP contribution in [0.3, 0.4) is 0 Å². The van der Waals surface area contributed by atoms with Crippen molar-refractivity contribution in [3.63, 3.8) is 0 Å². The van der Waals surface area contributed by atoms with Gasteiger partial charge in [0.1, 0.15) is 12.6 Å². The largest absolute Gasteiger partial charge is 0.481 e. The van der Waals surface area contributed by atoms with Crippen LogP contribution in [0.1, 0.15) is 12.0 Å². The number of carbonyl (C=O) groups is 3. The Morgan fingerprint density at radius 2 is 1.96 bits per heavy atom. The van der Waals surface area contributed by atoms with Gasteiger partial charge in [0, 0.05) is 0 Å². The minimum absolute atomic E-state index is 0.0686. The first-order valence-corrected chi connectivity index (χ1v) is 7.03. The summed E-state index contributed by atoms with van der Waals surface area (Å²) in [5, 5.41) is 11.2. The summed E-state index contributed by atoms with van der Waals surface area (Å²) < 4.78 is 4.78. The Balaban J connectivity index is 2.65. The van der Waals surface area contributed by atoms with E-state index in [4.69, 9.17) is 15.6 Å². The summed E-state index contributed by atoms with van der Waals surface area (Å²) in [6.45, 7) is 3.32. The van der Waals surface area contributed by atoms with Crippen molar-refractivity contribution in [2.45, 2.75) is 24.9 Å². The molecule has 0 heterocycles. The zero-order chi connectivity index (χ0) is 17.2. The fraction of sp³-hybridized carbons (Fsp3) is 0.312. The lowest BCUT2D eigenvalue weighted by molar-refractivity contribution is -0.150. The number of esters is 1. The van der Waals surface area contributed by atoms with Crippen molar-refractivity contribution in [2.75, 3.05) is 6.61 Å². The van der Waals surface area contributed by atoms with Crippen LogP contribution in [-0.4, -0.2) is 41.6 Å². The number of ether oxygens (including phenoxy) is 1. The standard InChI is InChI=1S/C16H20N2O5/c1-2-8-23-16(22)13(10-14(19)20)18-15(21)12(17)9-11-6-4-3-5-7-11/h2-7,12-13H,1,8-10,17H2,(H,18,21)(H,19,20)/t12-,13-/m0/s1. The third-order valence-electron chi connectivity index (χ3n) is 2.96. The number of carbonyl (C=O) groups excluding carboxylic acids is 2. The molecule has 23 heavy (non-hydrogen) atoms. The second kappa shape index (κ2) is 9.37. The molecule has 0 saturated carbocycles. The SMILES string of the molecule is C=CCOC(=O)[C@H](CC(=O)O)NC(=O)[C@@H](N)Cc1ccccc1. The monoisotopic (exact) mass is 320 g/mol. The third kappa shape index (κ3) is 6.75. The normalized spacial score (nSPS) is 12.7. The van der Waals surface area contributed by atoms with E-state index in [2.05, 4.69) is 11.9 Å². The van der Waals surface area contributed by atoms with Gasteiger partial charge in [-0.25, -0.2) is 4.79 Å². The summed E-state index contributed by atoms with van der Waals surface area (Å²) >= 11 is 0. The minimum atomic E-state index is -1.29. The number of benzene rings is 1. The topological polar surface area (TPSA) is 119 Å². The number of nitrogens with one attached hydrogen (secondary N) is 1. The van der Waals surface area contributed by atoms with Crippen molar-refractivity contribution >= 4 is 17.8 Å². The van der Waals surface area contributed by atoms with E-state index in [1.165, 1.54) is 6.08 Å². The van der Waals surface area contributed by atoms with Crippen LogP contribution in [0.15, 0.2) is 43.0 Å². The van der Waals surface area contributed by atoms with Gasteiger partial charge in [-0.2, -0.15) is 0 Å². The fourth-order valence-electron chi connectivity index (χ4n) is 1.85. The van der Waals surface area contributed by atoms with Gasteiger partial charge in [0.05, 0.1) is 12.5 Å². The smallest absolute Gasteiger partial charge is 0.329 e. The van der Waals surface area contributed by atoms with Crippen molar-refractivity contribution in [2.24, 2.45) is 5.73 Å². The molecule has 0 spiro atoms. The number of carboxylic acid groups (broad SMARTS) is 1. The third-order valence-corrected chi connectivity index (χ3v) is 2.96. The lowest BCUT2D eigenvalue weighted by atomic mass is 10.1. The molecule has 0 aliphatic heterocycles. The number of hydrogen-bond donors (Lipinski definition) is 3. The van der Waals surface area contributed by atoms with Gasteiger partial charge in [-0.3, -0.25) is 9.59 Å². The highest BCUT2D eigenvalue weighted by atomic mass is 16.5. The van der Waals surface area contributed by atoms with Crippen LogP contribution in [-0.2, 0) is 25.5 Å². The van der Waals surface area contributed by atoms with Gasteiger partial charge in [0.15, 0.2) is 0 Å². The first kappa shape index (κ1) is 18.4. The zero-order valence-electron chi connectivity index (χ0n) is 12.6. The summed E-state index contributed by atoms with van der Waals surface area (Å²) in [5.41, 5.74) is 6.66. The highest BCUT2D eigenvalue weighted by Gasteiger charge is 2.27. The maximum Gasteiger partial charge on any atom is 0.329 e. The molecule has 4 N–H and O–H groups in total. The highest BCUT2D eigenvalue weighted by Crippen LogP contribution is 2.03. The molecule has 2 atom stereocenters. The van der Waals surface area contributed by atoms with Crippen molar-refractivity contribution in [3.05, 3.63) is 48.6 Å². The average Bonchev–Trinajstić information content (AvgIpc) is 2.52. The molecule has 7 heteroatoms. The van der Waals surface area contributed by atoms with Crippen molar-refractivity contribution < 1.29 is 24.2 Å². The van der Waals surface area contributed by atoms with Crippen LogP contribution in [0.25, 0.3) is 0 Å². The molecule has 0 radical (unpaired) electrons. The predicted octanol–water partition coefficient (Wildman–Crippen LogP) is 0.245. The molecule has 0 fully saturated rings. The highest BCUT2D eigenvalue weighted by molar-refractivity contribution is 5.89. The van der Waals surface area contributed by atoms with Crippen LogP contribution in [0, 0.1) is 0 Å². The number of carboxylic acids is 1. The summed E-state index contributed by atoms with van der Waals surface area (Å²) in [5.74, 6) is -2.69. The second-order valence-electron chi connectivity index (χ2n) is 4.87. The maximum atomic E-state index is 12.1. The summed E-state index contributed by atoms with van der Waals surface area (Å²) in [6, 6.07) is 6.93. The predicted molar refractivity (Wildman–Crippen MR) is 83.5 cm³/mol. The Bertz CT molecular complexity index is 559. The van der Waals surface area contributed by atoms with Crippen molar-refractivity contribution in [1.29, 1.82) is 0 Å². The number of aliphatic carboxylic acids is 1. The number of hydrogen-bond acceptors (Lipinski definition) is 5. The van der Waals surface area contributed by atoms with Gasteiger partial charge in [0.2, 0.25) is 5.91 Å². The lowest BCUT2D eigenvalue weighted by Crippen LogP contribution is -2.50. The number of rotatable bonds is 9. The Hall–Kier alpha value is -2.67. The average molecular weight is 320 g/mol. The zero-order valence-corrected chi connectivity index (χ0v) is 12.6. The Morgan fingerprint density at radius 3 is 2.52 bits per heavy atom. The van der Waals surface area contributed by atoms with E-state index in [1.54, 1.807) is 0 Å². The van der Waals surface area contributed by atoms with E-state index < -0.39 is 36.4 Å². The summed E-state index contributed by atoms with van der Waals surface area (Å²) in [4.78, 5) is 34.6. The molecule has 1 aromatic rings. The van der Waals surface area contributed by atoms with E-state index >= 15 is 0 Å². The minimum Gasteiger partial charge on any atom is -0.481 e. The van der Waals surface area contributed by atoms with E-state index in [-0.39, 0.29) is 13.0 Å². The number of amides is 1. The van der Waals surface area contributed by atoms with Gasteiger partial charge in [-0.1, -0.05) is 43.0 Å². The maximum absolute atomic E-state index is 12.1. The number of nitrogens with two attached hydrogens (primary N) is 1. The molecule has 1 amide bonds. The van der Waals surface area contributed by atoms with Crippen LogP contribution in [0.4, 0.5) is 0 Å². The molecule has 7 nitrogen and oxygen atoms in total. The lowest BCUT2D eigenvalue weighted by Gasteiger charge is -2.18. The van der Waals surface area contributed by atoms with E-state index in [0.29, 0.717) is 0 Å².